The van der Waals surface area contributed by atoms with Gasteiger partial charge in [-0.1, -0.05) is 0 Å². The number of nitrogens with zero attached hydrogens (tertiary/aromatic N) is 1. The van der Waals surface area contributed by atoms with Crippen molar-refractivity contribution in [2.75, 3.05) is 27.4 Å². The van der Waals surface area contributed by atoms with Crippen molar-refractivity contribution in [3.63, 3.8) is 0 Å². The van der Waals surface area contributed by atoms with Gasteiger partial charge in [0.25, 0.3) is 5.69 Å². The van der Waals surface area contributed by atoms with Gasteiger partial charge in [-0.05, 0) is 41.1 Å². The van der Waals surface area contributed by atoms with E-state index < -0.39 is 29.0 Å². The zero-order valence-electron chi connectivity index (χ0n) is 15.9. The molecule has 10 heteroatoms. The molecule has 0 aliphatic carbocycles. The third-order valence-electron chi connectivity index (χ3n) is 3.81. The second-order valence-electron chi connectivity index (χ2n) is 5.56. The summed E-state index contributed by atoms with van der Waals surface area (Å²) in [6.45, 7) is 1.38. The number of halogens is 1. The van der Waals surface area contributed by atoms with E-state index in [1.807, 2.05) is 0 Å². The van der Waals surface area contributed by atoms with E-state index in [4.69, 9.17) is 18.9 Å². The molecule has 154 valence electrons. The first-order valence-electron chi connectivity index (χ1n) is 8.35. The highest BCUT2D eigenvalue weighted by atomic mass is 79.9. The number of rotatable bonds is 9. The van der Waals surface area contributed by atoms with Crippen LogP contribution in [0.25, 0.3) is 0 Å². The third kappa shape index (κ3) is 5.23. The number of carbonyl (C=O) groups is 2. The van der Waals surface area contributed by atoms with Gasteiger partial charge in [0, 0.05) is 11.6 Å². The Labute approximate surface area is 174 Å². The average molecular weight is 468 g/mol. The Hall–Kier alpha value is -3.14. The quantitative estimate of drug-likeness (QED) is 0.236. The predicted molar refractivity (Wildman–Crippen MR) is 106 cm³/mol. The molecule has 0 saturated carbocycles. The van der Waals surface area contributed by atoms with Crippen LogP contribution in [0.1, 0.15) is 27.6 Å². The first-order valence-corrected chi connectivity index (χ1v) is 9.14. The van der Waals surface area contributed by atoms with E-state index >= 15 is 0 Å². The Morgan fingerprint density at radius 3 is 2.31 bits per heavy atom. The number of benzene rings is 2. The van der Waals surface area contributed by atoms with Crippen molar-refractivity contribution in [1.82, 2.24) is 0 Å². The summed E-state index contributed by atoms with van der Waals surface area (Å²) in [6, 6.07) is 6.86. The molecule has 29 heavy (non-hydrogen) atoms. The number of hydrogen-bond donors (Lipinski definition) is 0. The summed E-state index contributed by atoms with van der Waals surface area (Å²) in [6.07, 6.45) is 0. The maximum absolute atomic E-state index is 12.4. The fraction of sp³-hybridized carbons (Fsp3) is 0.263. The Morgan fingerprint density at radius 1 is 1.07 bits per heavy atom. The zero-order chi connectivity index (χ0) is 21.6. The smallest absolute Gasteiger partial charge is 0.345 e. The molecule has 2 aromatic carbocycles. The van der Waals surface area contributed by atoms with Crippen LogP contribution in [0.15, 0.2) is 34.8 Å². The monoisotopic (exact) mass is 467 g/mol. The first-order chi connectivity index (χ1) is 13.8. The van der Waals surface area contributed by atoms with Gasteiger partial charge in [-0.15, -0.1) is 0 Å². The number of ketones is 1. The number of nitro benzene ring substituents is 1. The number of carbonyl (C=O) groups excluding carboxylic acids is 2. The molecule has 2 aromatic rings. The van der Waals surface area contributed by atoms with Crippen LogP contribution in [0.5, 0.6) is 17.2 Å². The maximum Gasteiger partial charge on any atom is 0.345 e. The van der Waals surface area contributed by atoms with Gasteiger partial charge in [0.05, 0.1) is 36.3 Å². The lowest BCUT2D eigenvalue weighted by molar-refractivity contribution is -0.385. The molecular formula is C19H18BrNO8. The highest BCUT2D eigenvalue weighted by molar-refractivity contribution is 9.10. The summed E-state index contributed by atoms with van der Waals surface area (Å²) in [4.78, 5) is 35.3. The first kappa shape index (κ1) is 22.2. The maximum atomic E-state index is 12.4. The fourth-order valence-electron chi connectivity index (χ4n) is 2.42. The molecule has 0 N–H and O–H groups in total. The van der Waals surface area contributed by atoms with E-state index in [0.29, 0.717) is 10.2 Å². The van der Waals surface area contributed by atoms with Crippen LogP contribution in [0.2, 0.25) is 0 Å². The Bertz CT molecular complexity index is 944. The van der Waals surface area contributed by atoms with Gasteiger partial charge in [0.2, 0.25) is 0 Å². The topological polar surface area (TPSA) is 114 Å². The van der Waals surface area contributed by atoms with Crippen LogP contribution in [0.4, 0.5) is 5.69 Å². The van der Waals surface area contributed by atoms with Crippen molar-refractivity contribution in [1.29, 1.82) is 0 Å². The highest BCUT2D eigenvalue weighted by Gasteiger charge is 2.26. The lowest BCUT2D eigenvalue weighted by Gasteiger charge is -2.11. The molecule has 0 aliphatic heterocycles. The second-order valence-corrected chi connectivity index (χ2v) is 6.41. The van der Waals surface area contributed by atoms with Gasteiger partial charge in [0.1, 0.15) is 11.3 Å². The molecule has 0 spiro atoms. The van der Waals surface area contributed by atoms with Gasteiger partial charge < -0.3 is 18.9 Å². The van der Waals surface area contributed by atoms with E-state index in [-0.39, 0.29) is 29.2 Å². The van der Waals surface area contributed by atoms with Gasteiger partial charge in [-0.2, -0.15) is 0 Å². The predicted octanol–water partition coefficient (Wildman–Crippen LogP) is 3.81. The third-order valence-corrected chi connectivity index (χ3v) is 4.43. The van der Waals surface area contributed by atoms with Crippen LogP contribution < -0.4 is 14.2 Å². The largest absolute Gasteiger partial charge is 0.496 e. The van der Waals surface area contributed by atoms with Crippen molar-refractivity contribution >= 4 is 33.4 Å². The van der Waals surface area contributed by atoms with Crippen LogP contribution >= 0.6 is 15.9 Å². The van der Waals surface area contributed by atoms with E-state index in [9.17, 15) is 19.7 Å². The Kier molecular flexibility index (Phi) is 7.54. The molecule has 0 aromatic heterocycles. The number of Topliss-reactive ketones (excluding diaryl/α,β-unsaturated/α-hetero) is 1. The number of esters is 1. The molecule has 0 unspecified atom stereocenters. The zero-order valence-corrected chi connectivity index (χ0v) is 17.5. The van der Waals surface area contributed by atoms with Crippen LogP contribution in [0.3, 0.4) is 0 Å². The van der Waals surface area contributed by atoms with Crippen molar-refractivity contribution in [2.45, 2.75) is 6.92 Å². The van der Waals surface area contributed by atoms with Crippen molar-refractivity contribution in [2.24, 2.45) is 0 Å². The molecule has 2 rings (SSSR count). The van der Waals surface area contributed by atoms with E-state index in [1.54, 1.807) is 13.0 Å². The molecule has 0 radical (unpaired) electrons. The van der Waals surface area contributed by atoms with Crippen LogP contribution in [0, 0.1) is 10.1 Å². The lowest BCUT2D eigenvalue weighted by atomic mass is 10.1. The molecule has 0 saturated heterocycles. The van der Waals surface area contributed by atoms with E-state index in [0.717, 1.165) is 12.1 Å². The average Bonchev–Trinajstić information content (AvgIpc) is 2.71. The molecule has 0 heterocycles. The van der Waals surface area contributed by atoms with Crippen molar-refractivity contribution in [3.05, 3.63) is 56.0 Å². The molecular weight excluding hydrogens is 450 g/mol. The molecule has 0 bridgehead atoms. The Morgan fingerprint density at radius 2 is 1.76 bits per heavy atom. The molecule has 0 amide bonds. The summed E-state index contributed by atoms with van der Waals surface area (Å²) in [5.41, 5.74) is -0.581. The van der Waals surface area contributed by atoms with Gasteiger partial charge >= 0.3 is 5.97 Å². The molecule has 9 nitrogen and oxygen atoms in total. The second kappa shape index (κ2) is 9.87. The van der Waals surface area contributed by atoms with Gasteiger partial charge in [-0.25, -0.2) is 4.79 Å². The fourth-order valence-corrected chi connectivity index (χ4v) is 2.96. The lowest BCUT2D eigenvalue weighted by Crippen LogP contribution is -2.16. The normalized spacial score (nSPS) is 10.2. The van der Waals surface area contributed by atoms with Crippen molar-refractivity contribution < 1.29 is 33.5 Å². The summed E-state index contributed by atoms with van der Waals surface area (Å²) < 4.78 is 21.1. The summed E-state index contributed by atoms with van der Waals surface area (Å²) in [5, 5.41) is 11.3. The molecule has 0 fully saturated rings. The van der Waals surface area contributed by atoms with Crippen LogP contribution in [-0.2, 0) is 4.74 Å². The minimum absolute atomic E-state index is 0.106. The number of ether oxygens (including phenoxy) is 4. The minimum Gasteiger partial charge on any atom is -0.496 e. The number of nitro groups is 1. The SMILES string of the molecule is CCOc1cc(C(=O)OCC(=O)c2ccc(OC)c(Br)c2)c([N+](=O)[O-])cc1OC. The molecule has 0 atom stereocenters. The van der Waals surface area contributed by atoms with Crippen LogP contribution in [-0.4, -0.2) is 44.1 Å². The van der Waals surface area contributed by atoms with E-state index in [1.165, 1.54) is 26.4 Å². The Balaban J connectivity index is 2.23. The standard InChI is InChI=1S/C19H18BrNO8/c1-4-28-18-8-12(14(21(24)25)9-17(18)27-3)19(23)29-10-15(22)11-5-6-16(26-2)13(20)7-11/h5-9H,4,10H2,1-3H3. The van der Waals surface area contributed by atoms with Gasteiger partial charge in [-0.3, -0.25) is 14.9 Å². The molecule has 0 aliphatic rings. The summed E-state index contributed by atoms with van der Waals surface area (Å²) in [5.74, 6) is -0.716. The minimum atomic E-state index is -1.03. The van der Waals surface area contributed by atoms with Gasteiger partial charge in [0.15, 0.2) is 23.9 Å². The van der Waals surface area contributed by atoms with E-state index in [2.05, 4.69) is 15.9 Å². The van der Waals surface area contributed by atoms with Crippen molar-refractivity contribution in [3.8, 4) is 17.2 Å². The summed E-state index contributed by atoms with van der Waals surface area (Å²) >= 11 is 3.27. The number of methoxy groups -OCH3 is 2. The summed E-state index contributed by atoms with van der Waals surface area (Å²) in [7, 11) is 2.81. The highest BCUT2D eigenvalue weighted by Crippen LogP contribution is 2.35. The number of hydrogen-bond acceptors (Lipinski definition) is 8.